The van der Waals surface area contributed by atoms with Crippen molar-refractivity contribution in [2.75, 3.05) is 5.73 Å². The standard InChI is InChI=1S/C9H11FN2O2S/c1-5(9(12)13)15(14)8-4-6(10)2-3-7(8)11/h2-5H,11H2,1H3,(H2,12,13). The highest BCUT2D eigenvalue weighted by Crippen LogP contribution is 2.20. The van der Waals surface area contributed by atoms with Crippen molar-refractivity contribution in [3.8, 4) is 0 Å². The van der Waals surface area contributed by atoms with Crippen LogP contribution in [0.2, 0.25) is 0 Å². The Bertz CT molecular complexity index is 423. The van der Waals surface area contributed by atoms with Crippen LogP contribution in [0, 0.1) is 5.82 Å². The van der Waals surface area contributed by atoms with Crippen LogP contribution in [0.4, 0.5) is 10.1 Å². The Hall–Kier alpha value is -1.43. The third-order valence-electron chi connectivity index (χ3n) is 1.91. The van der Waals surface area contributed by atoms with Gasteiger partial charge in [-0.3, -0.25) is 9.00 Å². The van der Waals surface area contributed by atoms with E-state index in [0.717, 1.165) is 12.1 Å². The summed E-state index contributed by atoms with van der Waals surface area (Å²) in [5, 5.41) is -0.894. The monoisotopic (exact) mass is 230 g/mol. The van der Waals surface area contributed by atoms with Crippen LogP contribution in [0.1, 0.15) is 6.92 Å². The molecule has 0 spiro atoms. The van der Waals surface area contributed by atoms with Crippen LogP contribution in [-0.2, 0) is 15.6 Å². The van der Waals surface area contributed by atoms with E-state index >= 15 is 0 Å². The van der Waals surface area contributed by atoms with Crippen LogP contribution in [0.25, 0.3) is 0 Å². The molecule has 15 heavy (non-hydrogen) atoms. The number of primary amides is 1. The SMILES string of the molecule is CC(C(N)=O)S(=O)c1cc(F)ccc1N. The van der Waals surface area contributed by atoms with Gasteiger partial charge in [0.1, 0.15) is 11.1 Å². The number of amides is 1. The molecule has 1 aromatic rings. The van der Waals surface area contributed by atoms with Gasteiger partial charge < -0.3 is 11.5 Å². The van der Waals surface area contributed by atoms with Crippen molar-refractivity contribution in [1.29, 1.82) is 0 Å². The fourth-order valence-electron chi connectivity index (χ4n) is 0.978. The number of rotatable bonds is 3. The maximum Gasteiger partial charge on any atom is 0.233 e. The van der Waals surface area contributed by atoms with E-state index in [9.17, 15) is 13.4 Å². The van der Waals surface area contributed by atoms with Gasteiger partial charge in [-0.2, -0.15) is 0 Å². The number of carbonyl (C=O) groups excluding carboxylic acids is 1. The molecule has 0 fully saturated rings. The average Bonchev–Trinajstić information content (AvgIpc) is 2.19. The lowest BCUT2D eigenvalue weighted by Crippen LogP contribution is -2.30. The van der Waals surface area contributed by atoms with Crippen molar-refractivity contribution in [1.82, 2.24) is 0 Å². The van der Waals surface area contributed by atoms with Crippen molar-refractivity contribution >= 4 is 22.4 Å². The molecule has 6 heteroatoms. The zero-order chi connectivity index (χ0) is 11.6. The first kappa shape index (κ1) is 11.6. The number of anilines is 1. The van der Waals surface area contributed by atoms with E-state index in [4.69, 9.17) is 11.5 Å². The molecule has 2 atom stereocenters. The third-order valence-corrected chi connectivity index (χ3v) is 3.58. The van der Waals surface area contributed by atoms with Crippen LogP contribution in [0.15, 0.2) is 23.1 Å². The van der Waals surface area contributed by atoms with Crippen molar-refractivity contribution in [2.45, 2.75) is 17.1 Å². The molecule has 1 aromatic carbocycles. The molecule has 0 aliphatic carbocycles. The minimum absolute atomic E-state index is 0.0984. The first-order chi connectivity index (χ1) is 6.93. The fourth-order valence-corrected chi connectivity index (χ4v) is 2.10. The summed E-state index contributed by atoms with van der Waals surface area (Å²) in [6, 6.07) is 3.51. The molecule has 1 rings (SSSR count). The second-order valence-corrected chi connectivity index (χ2v) is 4.77. The summed E-state index contributed by atoms with van der Waals surface area (Å²) in [6.45, 7) is 1.41. The van der Waals surface area contributed by atoms with Crippen LogP contribution < -0.4 is 11.5 Å². The number of nitrogen functional groups attached to an aromatic ring is 1. The summed E-state index contributed by atoms with van der Waals surface area (Å²) in [5.74, 6) is -1.26. The zero-order valence-electron chi connectivity index (χ0n) is 8.07. The number of hydrogen-bond acceptors (Lipinski definition) is 3. The molecule has 0 aliphatic rings. The van der Waals surface area contributed by atoms with Crippen LogP contribution in [-0.4, -0.2) is 15.4 Å². The van der Waals surface area contributed by atoms with Gasteiger partial charge in [-0.15, -0.1) is 0 Å². The van der Waals surface area contributed by atoms with E-state index < -0.39 is 27.8 Å². The highest BCUT2D eigenvalue weighted by Gasteiger charge is 2.20. The summed E-state index contributed by atoms with van der Waals surface area (Å²) in [5.41, 5.74) is 10.7. The van der Waals surface area contributed by atoms with E-state index in [0.29, 0.717) is 0 Å². The largest absolute Gasteiger partial charge is 0.398 e. The van der Waals surface area contributed by atoms with Crippen molar-refractivity contribution in [2.24, 2.45) is 5.73 Å². The molecule has 0 saturated carbocycles. The van der Waals surface area contributed by atoms with Gasteiger partial charge in [-0.1, -0.05) is 0 Å². The summed E-state index contributed by atoms with van der Waals surface area (Å²) in [7, 11) is -1.72. The number of hydrogen-bond donors (Lipinski definition) is 2. The third kappa shape index (κ3) is 2.53. The predicted octanol–water partition coefficient (Wildman–Crippen LogP) is 0.389. The zero-order valence-corrected chi connectivity index (χ0v) is 8.88. The molecule has 0 aliphatic heterocycles. The van der Waals surface area contributed by atoms with Crippen LogP contribution in [0.5, 0.6) is 0 Å². The molecule has 0 aromatic heterocycles. The molecular formula is C9H11FN2O2S. The van der Waals surface area contributed by atoms with Crippen molar-refractivity contribution in [3.05, 3.63) is 24.0 Å². The lowest BCUT2D eigenvalue weighted by atomic mass is 10.3. The smallest absolute Gasteiger partial charge is 0.233 e. The van der Waals surface area contributed by atoms with Gasteiger partial charge in [0, 0.05) is 5.69 Å². The van der Waals surface area contributed by atoms with Gasteiger partial charge >= 0.3 is 0 Å². The van der Waals surface area contributed by atoms with E-state index in [1.54, 1.807) is 0 Å². The summed E-state index contributed by atoms with van der Waals surface area (Å²) >= 11 is 0. The first-order valence-corrected chi connectivity index (χ1v) is 5.39. The van der Waals surface area contributed by atoms with Gasteiger partial charge in [-0.25, -0.2) is 4.39 Å². The van der Waals surface area contributed by atoms with Gasteiger partial charge in [0.25, 0.3) is 0 Å². The Balaban J connectivity index is 3.11. The molecular weight excluding hydrogens is 219 g/mol. The maximum atomic E-state index is 12.9. The Labute approximate surface area is 88.9 Å². The maximum absolute atomic E-state index is 12.9. The molecule has 4 N–H and O–H groups in total. The van der Waals surface area contributed by atoms with Crippen molar-refractivity contribution in [3.63, 3.8) is 0 Å². The average molecular weight is 230 g/mol. The number of halogens is 1. The lowest BCUT2D eigenvalue weighted by molar-refractivity contribution is -0.117. The van der Waals surface area contributed by atoms with E-state index in [1.807, 2.05) is 0 Å². The quantitative estimate of drug-likeness (QED) is 0.736. The summed E-state index contributed by atoms with van der Waals surface area (Å²) in [6.07, 6.45) is 0. The normalized spacial score (nSPS) is 14.5. The number of carbonyl (C=O) groups is 1. The first-order valence-electron chi connectivity index (χ1n) is 4.18. The van der Waals surface area contributed by atoms with E-state index in [-0.39, 0.29) is 10.6 Å². The minimum Gasteiger partial charge on any atom is -0.398 e. The Morgan fingerprint density at radius 2 is 2.13 bits per heavy atom. The van der Waals surface area contributed by atoms with Gasteiger partial charge in [0.05, 0.1) is 15.7 Å². The summed E-state index contributed by atoms with van der Waals surface area (Å²) in [4.78, 5) is 10.9. The lowest BCUT2D eigenvalue weighted by Gasteiger charge is -2.09. The van der Waals surface area contributed by atoms with Crippen LogP contribution >= 0.6 is 0 Å². The molecule has 0 radical (unpaired) electrons. The number of nitrogens with two attached hydrogens (primary N) is 2. The predicted molar refractivity (Wildman–Crippen MR) is 55.9 cm³/mol. The fraction of sp³-hybridized carbons (Fsp3) is 0.222. The highest BCUT2D eigenvalue weighted by atomic mass is 32.2. The molecule has 2 unspecified atom stereocenters. The summed E-state index contributed by atoms with van der Waals surface area (Å²) < 4.78 is 24.6. The topological polar surface area (TPSA) is 86.2 Å². The molecule has 82 valence electrons. The van der Waals surface area contributed by atoms with Crippen molar-refractivity contribution < 1.29 is 13.4 Å². The van der Waals surface area contributed by atoms with Gasteiger partial charge in [0.15, 0.2) is 0 Å². The highest BCUT2D eigenvalue weighted by molar-refractivity contribution is 7.86. The molecule has 1 amide bonds. The number of benzene rings is 1. The Kier molecular flexibility index (Phi) is 3.41. The second-order valence-electron chi connectivity index (χ2n) is 3.02. The van der Waals surface area contributed by atoms with Gasteiger partial charge in [-0.05, 0) is 25.1 Å². The molecule has 4 nitrogen and oxygen atoms in total. The Morgan fingerprint density at radius 3 is 2.67 bits per heavy atom. The van der Waals surface area contributed by atoms with Crippen LogP contribution in [0.3, 0.4) is 0 Å². The van der Waals surface area contributed by atoms with E-state index in [2.05, 4.69) is 0 Å². The molecule has 0 saturated heterocycles. The van der Waals surface area contributed by atoms with Gasteiger partial charge in [0.2, 0.25) is 5.91 Å². The molecule has 0 heterocycles. The Morgan fingerprint density at radius 1 is 1.53 bits per heavy atom. The minimum atomic E-state index is -1.72. The van der Waals surface area contributed by atoms with E-state index in [1.165, 1.54) is 13.0 Å². The molecule has 0 bridgehead atoms. The second kappa shape index (κ2) is 4.39.